The lowest BCUT2D eigenvalue weighted by molar-refractivity contribution is 0.302. The zero-order chi connectivity index (χ0) is 9.11. The highest BCUT2D eigenvalue weighted by Gasteiger charge is 1.93. The SMILES string of the molecule is CC.CCCN(N)CCSC. The maximum absolute atomic E-state index is 5.59. The number of rotatable bonds is 5. The second kappa shape index (κ2) is 12.9. The number of hydrazine groups is 1. The van der Waals surface area contributed by atoms with Crippen LogP contribution in [0.2, 0.25) is 0 Å². The van der Waals surface area contributed by atoms with E-state index >= 15 is 0 Å². The lowest BCUT2D eigenvalue weighted by Gasteiger charge is -2.13. The molecule has 0 bridgehead atoms. The van der Waals surface area contributed by atoms with Gasteiger partial charge in [-0.1, -0.05) is 20.8 Å². The molecule has 0 atom stereocenters. The fourth-order valence-electron chi connectivity index (χ4n) is 0.608. The Balaban J connectivity index is 0. The second-order valence-electron chi connectivity index (χ2n) is 2.03. The average Bonchev–Trinajstić information content (AvgIpc) is 2.05. The highest BCUT2D eigenvalue weighted by atomic mass is 32.2. The summed E-state index contributed by atoms with van der Waals surface area (Å²) in [6, 6.07) is 0. The molecule has 0 aliphatic heterocycles. The monoisotopic (exact) mass is 178 g/mol. The van der Waals surface area contributed by atoms with Crippen molar-refractivity contribution in [2.24, 2.45) is 5.84 Å². The molecular weight excluding hydrogens is 156 g/mol. The van der Waals surface area contributed by atoms with Crippen LogP contribution in [0.1, 0.15) is 27.2 Å². The van der Waals surface area contributed by atoms with Gasteiger partial charge in [0.05, 0.1) is 0 Å². The molecule has 0 aliphatic carbocycles. The van der Waals surface area contributed by atoms with Gasteiger partial charge in [-0.15, -0.1) is 0 Å². The van der Waals surface area contributed by atoms with E-state index in [-0.39, 0.29) is 0 Å². The van der Waals surface area contributed by atoms with Crippen molar-refractivity contribution < 1.29 is 0 Å². The number of hydrogen-bond acceptors (Lipinski definition) is 3. The van der Waals surface area contributed by atoms with Gasteiger partial charge in [-0.05, 0) is 12.7 Å². The summed E-state index contributed by atoms with van der Waals surface area (Å²) >= 11 is 1.83. The van der Waals surface area contributed by atoms with E-state index in [4.69, 9.17) is 5.84 Å². The van der Waals surface area contributed by atoms with E-state index in [0.29, 0.717) is 0 Å². The average molecular weight is 178 g/mol. The van der Waals surface area contributed by atoms with E-state index in [9.17, 15) is 0 Å². The molecule has 0 amide bonds. The van der Waals surface area contributed by atoms with Crippen LogP contribution in [-0.2, 0) is 0 Å². The van der Waals surface area contributed by atoms with E-state index in [0.717, 1.165) is 25.3 Å². The van der Waals surface area contributed by atoms with Crippen molar-refractivity contribution in [2.45, 2.75) is 27.2 Å². The molecule has 0 aromatic rings. The summed E-state index contributed by atoms with van der Waals surface area (Å²) in [7, 11) is 0. The second-order valence-corrected chi connectivity index (χ2v) is 3.01. The molecule has 3 heteroatoms. The topological polar surface area (TPSA) is 29.3 Å². The van der Waals surface area contributed by atoms with Crippen molar-refractivity contribution in [1.82, 2.24) is 5.01 Å². The Hall–Kier alpha value is 0.270. The van der Waals surface area contributed by atoms with Crippen LogP contribution in [0.15, 0.2) is 0 Å². The van der Waals surface area contributed by atoms with Gasteiger partial charge in [-0.2, -0.15) is 11.8 Å². The zero-order valence-electron chi connectivity index (χ0n) is 8.26. The molecule has 0 saturated heterocycles. The van der Waals surface area contributed by atoms with E-state index in [1.165, 1.54) is 0 Å². The number of hydrogen-bond donors (Lipinski definition) is 1. The lowest BCUT2D eigenvalue weighted by atomic mass is 10.5. The molecule has 0 heterocycles. The van der Waals surface area contributed by atoms with E-state index in [2.05, 4.69) is 13.2 Å². The Labute approximate surface area is 75.5 Å². The van der Waals surface area contributed by atoms with Crippen molar-refractivity contribution in [3.05, 3.63) is 0 Å². The van der Waals surface area contributed by atoms with Crippen LogP contribution < -0.4 is 5.84 Å². The number of nitrogens with zero attached hydrogens (tertiary/aromatic N) is 1. The zero-order valence-corrected chi connectivity index (χ0v) is 9.08. The van der Waals surface area contributed by atoms with Gasteiger partial charge in [-0.3, -0.25) is 5.84 Å². The summed E-state index contributed by atoms with van der Waals surface area (Å²) in [5.74, 6) is 6.73. The standard InChI is InChI=1S/C6H16N2S.C2H6/c1-3-4-8(7)5-6-9-2;1-2/h3-7H2,1-2H3;1-2H3. The van der Waals surface area contributed by atoms with E-state index in [1.54, 1.807) is 0 Å². The molecule has 0 unspecified atom stereocenters. The van der Waals surface area contributed by atoms with Crippen LogP contribution in [0.3, 0.4) is 0 Å². The van der Waals surface area contributed by atoms with Crippen LogP contribution in [0.25, 0.3) is 0 Å². The van der Waals surface area contributed by atoms with Crippen LogP contribution in [-0.4, -0.2) is 30.1 Å². The molecule has 2 N–H and O–H groups in total. The molecule has 70 valence electrons. The van der Waals surface area contributed by atoms with E-state index < -0.39 is 0 Å². The van der Waals surface area contributed by atoms with Gasteiger partial charge in [-0.25, -0.2) is 5.01 Å². The molecule has 0 fully saturated rings. The molecule has 11 heavy (non-hydrogen) atoms. The van der Waals surface area contributed by atoms with Gasteiger partial charge in [0.15, 0.2) is 0 Å². The number of nitrogens with two attached hydrogens (primary N) is 1. The van der Waals surface area contributed by atoms with Crippen LogP contribution in [0, 0.1) is 0 Å². The molecule has 0 aromatic heterocycles. The first-order valence-corrected chi connectivity index (χ1v) is 5.69. The Morgan fingerprint density at radius 2 is 1.82 bits per heavy atom. The van der Waals surface area contributed by atoms with Crippen LogP contribution in [0.4, 0.5) is 0 Å². The predicted octanol–water partition coefficient (Wildman–Crippen LogP) is 1.96. The fraction of sp³-hybridized carbons (Fsp3) is 1.00. The van der Waals surface area contributed by atoms with Crippen molar-refractivity contribution >= 4 is 11.8 Å². The van der Waals surface area contributed by atoms with E-state index in [1.807, 2.05) is 30.6 Å². The molecule has 2 nitrogen and oxygen atoms in total. The first-order chi connectivity index (χ1) is 5.31. The van der Waals surface area contributed by atoms with Crippen molar-refractivity contribution in [3.8, 4) is 0 Å². The van der Waals surface area contributed by atoms with Crippen molar-refractivity contribution in [3.63, 3.8) is 0 Å². The van der Waals surface area contributed by atoms with Crippen LogP contribution >= 0.6 is 11.8 Å². The van der Waals surface area contributed by atoms with Crippen LogP contribution in [0.5, 0.6) is 0 Å². The maximum Gasteiger partial charge on any atom is 0.0219 e. The summed E-state index contributed by atoms with van der Waals surface area (Å²) in [5.41, 5.74) is 0. The maximum atomic E-state index is 5.59. The summed E-state index contributed by atoms with van der Waals surface area (Å²) < 4.78 is 0. The summed E-state index contributed by atoms with van der Waals surface area (Å²) in [6.45, 7) is 8.16. The Morgan fingerprint density at radius 1 is 1.27 bits per heavy atom. The summed E-state index contributed by atoms with van der Waals surface area (Å²) in [4.78, 5) is 0. The van der Waals surface area contributed by atoms with Gasteiger partial charge >= 0.3 is 0 Å². The normalized spacial score (nSPS) is 9.27. The third-order valence-corrected chi connectivity index (χ3v) is 1.68. The third-order valence-electron chi connectivity index (χ3n) is 1.09. The molecule has 0 aliphatic rings. The lowest BCUT2D eigenvalue weighted by Crippen LogP contribution is -2.33. The van der Waals surface area contributed by atoms with Crippen molar-refractivity contribution in [2.75, 3.05) is 25.1 Å². The number of thioether (sulfide) groups is 1. The minimum absolute atomic E-state index is 1.01. The van der Waals surface area contributed by atoms with Gasteiger partial charge < -0.3 is 0 Å². The van der Waals surface area contributed by atoms with Gasteiger partial charge in [0, 0.05) is 18.8 Å². The fourth-order valence-corrected chi connectivity index (χ4v) is 1.02. The highest BCUT2D eigenvalue weighted by molar-refractivity contribution is 7.98. The molecule has 0 aromatic carbocycles. The Bertz CT molecular complexity index is 60.1. The third kappa shape index (κ3) is 13.3. The molecule has 0 spiro atoms. The molecule has 0 radical (unpaired) electrons. The first kappa shape index (κ1) is 13.8. The quantitative estimate of drug-likeness (QED) is 0.515. The molecule has 0 saturated carbocycles. The van der Waals surface area contributed by atoms with Gasteiger partial charge in [0.25, 0.3) is 0 Å². The largest absolute Gasteiger partial charge is 0.269 e. The van der Waals surface area contributed by atoms with Crippen molar-refractivity contribution in [1.29, 1.82) is 0 Å². The Kier molecular flexibility index (Phi) is 16.2. The summed E-state index contributed by atoms with van der Waals surface area (Å²) in [5, 5.41) is 1.87. The smallest absolute Gasteiger partial charge is 0.0219 e. The summed E-state index contributed by atoms with van der Waals surface area (Å²) in [6.07, 6.45) is 3.24. The minimum Gasteiger partial charge on any atom is -0.269 e. The predicted molar refractivity (Wildman–Crippen MR) is 55.8 cm³/mol. The molecular formula is C8H22N2S. The highest BCUT2D eigenvalue weighted by Crippen LogP contribution is 1.91. The van der Waals surface area contributed by atoms with Gasteiger partial charge in [0.1, 0.15) is 0 Å². The minimum atomic E-state index is 1.01. The molecule has 0 rings (SSSR count). The first-order valence-electron chi connectivity index (χ1n) is 4.29. The Morgan fingerprint density at radius 3 is 2.18 bits per heavy atom. The van der Waals surface area contributed by atoms with Gasteiger partial charge in [0.2, 0.25) is 0 Å².